The molecule has 3 heteroatoms. The van der Waals surface area contributed by atoms with Crippen LogP contribution in [0.4, 0.5) is 0 Å². The first-order valence-corrected chi connectivity index (χ1v) is 26.4. The van der Waals surface area contributed by atoms with Gasteiger partial charge in [-0.25, -0.2) is 15.0 Å². The van der Waals surface area contributed by atoms with Crippen LogP contribution in [0.2, 0.25) is 0 Å². The van der Waals surface area contributed by atoms with E-state index in [2.05, 4.69) is 282 Å². The van der Waals surface area contributed by atoms with Crippen LogP contribution in [0.3, 0.4) is 0 Å². The third kappa shape index (κ3) is 8.04. The van der Waals surface area contributed by atoms with Gasteiger partial charge in [0.15, 0.2) is 17.5 Å². The number of fused-ring (bicyclic) bond motifs is 4. The maximum absolute atomic E-state index is 5.47. The Balaban J connectivity index is 0.976. The van der Waals surface area contributed by atoms with Gasteiger partial charge in [-0.2, -0.15) is 0 Å². The van der Waals surface area contributed by atoms with E-state index in [9.17, 15) is 0 Å². The molecule has 3 aliphatic carbocycles. The molecule has 76 heavy (non-hydrogen) atoms. The van der Waals surface area contributed by atoms with E-state index < -0.39 is 0 Å². The summed E-state index contributed by atoms with van der Waals surface area (Å²) >= 11 is 0. The van der Waals surface area contributed by atoms with Crippen LogP contribution in [0.15, 0.2) is 278 Å². The molecule has 0 N–H and O–H groups in total. The molecule has 0 aliphatic heterocycles. The average Bonchev–Trinajstić information content (AvgIpc) is 4.07. The molecule has 1 spiro atoms. The standard InChI is InChI=1S/C73H55N3/c1-5-65-49(4)73(68-35-19-18-34-67(65)68)48(3)47(2)66-37-36-58(46-69(66)73)72-75-70(56-32-20-30-54(38-56)63-42-59(50-22-10-6-11-23-50)40-60(43-63)51-24-12-7-13-25-51)74-71(76-72)57-33-21-31-55(39-57)64-44-61(52-26-14-8-15-27-52)41-62(45-64)53-28-16-9-17-29-53/h5-46,66,69H,1H2,2-4H3. The third-order valence-electron chi connectivity index (χ3n) is 16.4. The lowest BCUT2D eigenvalue weighted by Crippen LogP contribution is -2.35. The summed E-state index contributed by atoms with van der Waals surface area (Å²) in [7, 11) is 0. The van der Waals surface area contributed by atoms with Crippen LogP contribution < -0.4 is 0 Å². The van der Waals surface area contributed by atoms with Crippen molar-refractivity contribution in [1.29, 1.82) is 0 Å². The minimum atomic E-state index is -0.313. The van der Waals surface area contributed by atoms with Crippen molar-refractivity contribution in [3.05, 3.63) is 295 Å². The van der Waals surface area contributed by atoms with E-state index in [4.69, 9.17) is 15.0 Å². The number of aromatic nitrogens is 3. The van der Waals surface area contributed by atoms with Gasteiger partial charge in [-0.05, 0) is 153 Å². The average molecular weight is 974 g/mol. The van der Waals surface area contributed by atoms with Gasteiger partial charge >= 0.3 is 0 Å². The highest BCUT2D eigenvalue weighted by atomic mass is 15.0. The number of benzene rings is 9. The summed E-state index contributed by atoms with van der Waals surface area (Å²) in [5.41, 5.74) is 24.2. The number of nitrogens with zero attached hydrogens (tertiary/aromatic N) is 3. The fraction of sp³-hybridized carbons (Fsp3) is 0.0822. The Kier molecular flexibility index (Phi) is 11.7. The van der Waals surface area contributed by atoms with Crippen LogP contribution in [0.25, 0.3) is 101 Å². The molecule has 3 atom stereocenters. The Morgan fingerprint density at radius 2 is 0.750 bits per heavy atom. The fourth-order valence-corrected chi connectivity index (χ4v) is 12.5. The molecule has 3 aliphatic rings. The van der Waals surface area contributed by atoms with Crippen molar-refractivity contribution >= 4 is 11.1 Å². The number of hydrogen-bond acceptors (Lipinski definition) is 3. The molecule has 0 saturated carbocycles. The van der Waals surface area contributed by atoms with Crippen molar-refractivity contribution < 1.29 is 0 Å². The first-order valence-electron chi connectivity index (χ1n) is 26.4. The molecule has 362 valence electrons. The molecule has 13 rings (SSSR count). The number of allylic oxidation sites excluding steroid dienone is 9. The van der Waals surface area contributed by atoms with Crippen molar-refractivity contribution in [2.75, 3.05) is 0 Å². The van der Waals surface area contributed by atoms with E-state index in [-0.39, 0.29) is 17.3 Å². The van der Waals surface area contributed by atoms with Gasteiger partial charge in [-0.15, -0.1) is 0 Å². The monoisotopic (exact) mass is 973 g/mol. The highest BCUT2D eigenvalue weighted by Crippen LogP contribution is 2.63. The zero-order valence-corrected chi connectivity index (χ0v) is 43.0. The van der Waals surface area contributed by atoms with Gasteiger partial charge in [0, 0.05) is 34.0 Å². The number of hydrogen-bond donors (Lipinski definition) is 0. The van der Waals surface area contributed by atoms with Gasteiger partial charge in [0.25, 0.3) is 0 Å². The van der Waals surface area contributed by atoms with Gasteiger partial charge in [0.05, 0.1) is 0 Å². The molecular formula is C73H55N3. The lowest BCUT2D eigenvalue weighted by Gasteiger charge is -2.38. The summed E-state index contributed by atoms with van der Waals surface area (Å²) in [6.45, 7) is 11.3. The van der Waals surface area contributed by atoms with E-state index in [0.717, 1.165) is 61.2 Å². The van der Waals surface area contributed by atoms with Crippen LogP contribution in [0.1, 0.15) is 37.7 Å². The van der Waals surface area contributed by atoms with Crippen LogP contribution >= 0.6 is 0 Å². The second-order valence-corrected chi connectivity index (χ2v) is 20.5. The van der Waals surface area contributed by atoms with Crippen LogP contribution in [-0.4, -0.2) is 15.0 Å². The summed E-state index contributed by atoms with van der Waals surface area (Å²) in [5.74, 6) is 2.23. The van der Waals surface area contributed by atoms with Crippen LogP contribution in [0.5, 0.6) is 0 Å². The van der Waals surface area contributed by atoms with Crippen molar-refractivity contribution in [3.63, 3.8) is 0 Å². The summed E-state index contributed by atoms with van der Waals surface area (Å²) in [6, 6.07) is 82.6. The van der Waals surface area contributed by atoms with E-state index >= 15 is 0 Å². The molecule has 0 fully saturated rings. The zero-order valence-electron chi connectivity index (χ0n) is 43.0. The van der Waals surface area contributed by atoms with Crippen LogP contribution in [0, 0.1) is 11.8 Å². The predicted molar refractivity (Wildman–Crippen MR) is 317 cm³/mol. The molecule has 0 radical (unpaired) electrons. The zero-order chi connectivity index (χ0) is 51.3. The SMILES string of the molecule is C=CC1=C(C)C2(C(C)=C(C)C3C=CC(c4nc(-c5cccc(-c6cc(-c7ccccc7)cc(-c7ccccc7)c6)c5)nc(-c5cccc(-c6cc(-c7ccccc7)cc(-c7ccccc7)c6)c5)n4)=CC32)c2ccccc21. The summed E-state index contributed by atoms with van der Waals surface area (Å²) < 4.78 is 0. The van der Waals surface area contributed by atoms with E-state index in [1.54, 1.807) is 0 Å². The Morgan fingerprint density at radius 1 is 0.382 bits per heavy atom. The Hall–Kier alpha value is -9.31. The van der Waals surface area contributed by atoms with Gasteiger partial charge in [0.2, 0.25) is 0 Å². The van der Waals surface area contributed by atoms with Crippen molar-refractivity contribution in [1.82, 2.24) is 15.0 Å². The number of rotatable bonds is 10. The van der Waals surface area contributed by atoms with Crippen molar-refractivity contribution in [2.45, 2.75) is 26.2 Å². The van der Waals surface area contributed by atoms with Gasteiger partial charge in [-0.1, -0.05) is 230 Å². The Morgan fingerprint density at radius 3 is 1.20 bits per heavy atom. The minimum absolute atomic E-state index is 0.118. The smallest absolute Gasteiger partial charge is 0.164 e. The summed E-state index contributed by atoms with van der Waals surface area (Å²) in [6.07, 6.45) is 9.16. The van der Waals surface area contributed by atoms with E-state index in [1.807, 2.05) is 0 Å². The molecule has 0 saturated heterocycles. The highest BCUT2D eigenvalue weighted by molar-refractivity contribution is 5.90. The Bertz CT molecular complexity index is 3730. The largest absolute Gasteiger partial charge is 0.208 e. The van der Waals surface area contributed by atoms with E-state index in [1.165, 1.54) is 55.7 Å². The topological polar surface area (TPSA) is 38.7 Å². The lowest BCUT2D eigenvalue weighted by molar-refractivity contribution is 0.421. The molecule has 1 heterocycles. The van der Waals surface area contributed by atoms with E-state index in [0.29, 0.717) is 17.5 Å². The first kappa shape index (κ1) is 46.5. The summed E-state index contributed by atoms with van der Waals surface area (Å²) in [5, 5.41) is 0. The Labute approximate surface area is 446 Å². The molecule has 0 bridgehead atoms. The maximum atomic E-state index is 5.47. The van der Waals surface area contributed by atoms with Gasteiger partial charge in [0.1, 0.15) is 0 Å². The van der Waals surface area contributed by atoms with Crippen LogP contribution in [-0.2, 0) is 5.41 Å². The first-order chi connectivity index (χ1) is 37.3. The minimum Gasteiger partial charge on any atom is -0.208 e. The predicted octanol–water partition coefficient (Wildman–Crippen LogP) is 18.7. The quantitative estimate of drug-likeness (QED) is 0.128. The highest BCUT2D eigenvalue weighted by Gasteiger charge is 2.56. The molecule has 3 nitrogen and oxygen atoms in total. The molecule has 0 amide bonds. The second-order valence-electron chi connectivity index (χ2n) is 20.5. The van der Waals surface area contributed by atoms with Gasteiger partial charge in [-0.3, -0.25) is 0 Å². The van der Waals surface area contributed by atoms with Crippen molar-refractivity contribution in [3.8, 4) is 89.5 Å². The third-order valence-corrected chi connectivity index (χ3v) is 16.4. The maximum Gasteiger partial charge on any atom is 0.164 e. The van der Waals surface area contributed by atoms with Gasteiger partial charge < -0.3 is 0 Å². The molecular weight excluding hydrogens is 919 g/mol. The fourth-order valence-electron chi connectivity index (χ4n) is 12.5. The molecule has 10 aromatic rings. The summed E-state index contributed by atoms with van der Waals surface area (Å²) in [4.78, 5) is 16.4. The normalized spacial score (nSPS) is 17.4. The lowest BCUT2D eigenvalue weighted by atomic mass is 9.63. The molecule has 3 unspecified atom stereocenters. The van der Waals surface area contributed by atoms with Crippen molar-refractivity contribution in [2.24, 2.45) is 11.8 Å². The second kappa shape index (κ2) is 19.2. The molecule has 1 aromatic heterocycles. The molecule has 9 aromatic carbocycles.